The smallest absolute Gasteiger partial charge is 0.338 e. The minimum atomic E-state index is -0.318. The summed E-state index contributed by atoms with van der Waals surface area (Å²) < 4.78 is 4.68. The molecule has 0 unspecified atom stereocenters. The highest BCUT2D eigenvalue weighted by Crippen LogP contribution is 2.12. The van der Waals surface area contributed by atoms with Gasteiger partial charge in [-0.25, -0.2) is 4.79 Å². The van der Waals surface area contributed by atoms with Crippen molar-refractivity contribution >= 4 is 23.6 Å². The van der Waals surface area contributed by atoms with Crippen LogP contribution in [0, 0.1) is 0 Å². The number of benzene rings is 1. The Morgan fingerprint density at radius 3 is 2.87 bits per heavy atom. The van der Waals surface area contributed by atoms with Gasteiger partial charge in [-0.15, -0.1) is 11.6 Å². The van der Waals surface area contributed by atoms with Crippen LogP contribution in [0.25, 0.3) is 6.08 Å². The summed E-state index contributed by atoms with van der Waals surface area (Å²) in [5, 5.41) is 0. The zero-order valence-corrected chi connectivity index (χ0v) is 9.33. The van der Waals surface area contributed by atoms with E-state index in [1.54, 1.807) is 6.07 Å². The Labute approximate surface area is 94.5 Å². The molecule has 15 heavy (non-hydrogen) atoms. The van der Waals surface area contributed by atoms with Crippen molar-refractivity contribution in [1.29, 1.82) is 0 Å². The summed E-state index contributed by atoms with van der Waals surface area (Å²) in [4.78, 5) is 11.4. The summed E-state index contributed by atoms with van der Waals surface area (Å²) in [5.41, 5.74) is 1.43. The lowest BCUT2D eigenvalue weighted by molar-refractivity contribution is 0.0600. The summed E-state index contributed by atoms with van der Waals surface area (Å²) in [7, 11) is 1.38. The number of esters is 1. The van der Waals surface area contributed by atoms with E-state index >= 15 is 0 Å². The number of ether oxygens (including phenoxy) is 1. The van der Waals surface area contributed by atoms with E-state index in [2.05, 4.69) is 4.74 Å². The summed E-state index contributed by atoms with van der Waals surface area (Å²) in [6.45, 7) is 0. The summed E-state index contributed by atoms with van der Waals surface area (Å²) >= 11 is 5.55. The number of allylic oxidation sites excluding steroid dienone is 1. The monoisotopic (exact) mass is 224 g/mol. The van der Waals surface area contributed by atoms with Gasteiger partial charge in [-0.3, -0.25) is 0 Å². The minimum absolute atomic E-state index is 0.318. The maximum absolute atomic E-state index is 11.4. The largest absolute Gasteiger partial charge is 0.465 e. The molecule has 0 saturated heterocycles. The van der Waals surface area contributed by atoms with Crippen molar-refractivity contribution in [3.05, 3.63) is 41.5 Å². The van der Waals surface area contributed by atoms with Crippen LogP contribution in [0.3, 0.4) is 0 Å². The summed E-state index contributed by atoms with van der Waals surface area (Å²) in [5.74, 6) is 0.262. The molecule has 80 valence electrons. The molecule has 0 aromatic heterocycles. The van der Waals surface area contributed by atoms with Crippen molar-refractivity contribution < 1.29 is 9.53 Å². The number of rotatable bonds is 4. The molecule has 3 heteroatoms. The van der Waals surface area contributed by atoms with E-state index in [4.69, 9.17) is 11.6 Å². The predicted molar refractivity (Wildman–Crippen MR) is 62.2 cm³/mol. The number of carbonyl (C=O) groups is 1. The van der Waals surface area contributed by atoms with Gasteiger partial charge < -0.3 is 4.74 Å². The second kappa shape index (κ2) is 6.25. The number of methoxy groups -OCH3 is 1. The standard InChI is InChI=1S/C12H13ClO2/c1-15-12(14)11-8-3-2-6-10(11)7-4-5-9-13/h2-4,6-8H,5,9H2,1H3. The van der Waals surface area contributed by atoms with Crippen LogP contribution in [0.1, 0.15) is 22.3 Å². The van der Waals surface area contributed by atoms with Gasteiger partial charge in [0.05, 0.1) is 12.7 Å². The van der Waals surface area contributed by atoms with E-state index in [1.165, 1.54) is 7.11 Å². The van der Waals surface area contributed by atoms with Crippen molar-refractivity contribution in [2.75, 3.05) is 13.0 Å². The molecule has 0 aliphatic carbocycles. The SMILES string of the molecule is COC(=O)c1ccccc1C=CCCCl. The van der Waals surface area contributed by atoms with Crippen molar-refractivity contribution in [3.8, 4) is 0 Å². The Bertz CT molecular complexity index is 358. The Balaban J connectivity index is 2.91. The molecular formula is C12H13ClO2. The second-order valence-corrected chi connectivity index (χ2v) is 3.34. The van der Waals surface area contributed by atoms with Crippen LogP contribution in [-0.4, -0.2) is 19.0 Å². The van der Waals surface area contributed by atoms with Crippen LogP contribution >= 0.6 is 11.6 Å². The van der Waals surface area contributed by atoms with Gasteiger partial charge in [0.1, 0.15) is 0 Å². The van der Waals surface area contributed by atoms with Gasteiger partial charge in [0.25, 0.3) is 0 Å². The molecule has 0 spiro atoms. The minimum Gasteiger partial charge on any atom is -0.465 e. The second-order valence-electron chi connectivity index (χ2n) is 2.96. The highest BCUT2D eigenvalue weighted by Gasteiger charge is 2.07. The van der Waals surface area contributed by atoms with Gasteiger partial charge in [0.2, 0.25) is 0 Å². The molecule has 0 radical (unpaired) electrons. The van der Waals surface area contributed by atoms with Gasteiger partial charge in [-0.2, -0.15) is 0 Å². The lowest BCUT2D eigenvalue weighted by Crippen LogP contribution is -2.03. The molecule has 2 nitrogen and oxygen atoms in total. The van der Waals surface area contributed by atoms with Crippen LogP contribution in [0.2, 0.25) is 0 Å². The lowest BCUT2D eigenvalue weighted by atomic mass is 10.1. The molecule has 0 aliphatic rings. The number of hydrogen-bond acceptors (Lipinski definition) is 2. The first-order chi connectivity index (χ1) is 7.29. The highest BCUT2D eigenvalue weighted by molar-refractivity contribution is 6.17. The topological polar surface area (TPSA) is 26.3 Å². The Morgan fingerprint density at radius 1 is 1.47 bits per heavy atom. The molecule has 0 saturated carbocycles. The molecule has 0 amide bonds. The number of hydrogen-bond donors (Lipinski definition) is 0. The quantitative estimate of drug-likeness (QED) is 0.580. The molecule has 0 heterocycles. The first kappa shape index (κ1) is 11.8. The fourth-order valence-electron chi connectivity index (χ4n) is 1.21. The van der Waals surface area contributed by atoms with Crippen molar-refractivity contribution in [1.82, 2.24) is 0 Å². The van der Waals surface area contributed by atoms with Crippen molar-refractivity contribution in [2.45, 2.75) is 6.42 Å². The first-order valence-electron chi connectivity index (χ1n) is 4.69. The van der Waals surface area contributed by atoms with Crippen molar-refractivity contribution in [2.24, 2.45) is 0 Å². The Hall–Kier alpha value is -1.28. The van der Waals surface area contributed by atoms with Gasteiger partial charge in [-0.1, -0.05) is 30.4 Å². The van der Waals surface area contributed by atoms with E-state index in [9.17, 15) is 4.79 Å². The van der Waals surface area contributed by atoms with Gasteiger partial charge in [0.15, 0.2) is 0 Å². The fraction of sp³-hybridized carbons (Fsp3) is 0.250. The lowest BCUT2D eigenvalue weighted by Gasteiger charge is -2.02. The average molecular weight is 225 g/mol. The van der Waals surface area contributed by atoms with Crippen molar-refractivity contribution in [3.63, 3.8) is 0 Å². The third-order valence-electron chi connectivity index (χ3n) is 1.94. The van der Waals surface area contributed by atoms with Crippen LogP contribution in [0.15, 0.2) is 30.3 Å². The zero-order valence-electron chi connectivity index (χ0n) is 8.57. The molecule has 0 atom stereocenters. The molecule has 0 N–H and O–H groups in total. The molecule has 1 aromatic rings. The maximum Gasteiger partial charge on any atom is 0.338 e. The number of halogens is 1. The van der Waals surface area contributed by atoms with E-state index in [1.807, 2.05) is 30.4 Å². The van der Waals surface area contributed by atoms with Crippen LogP contribution in [0.5, 0.6) is 0 Å². The third-order valence-corrected chi connectivity index (χ3v) is 2.16. The molecule has 1 aromatic carbocycles. The Morgan fingerprint density at radius 2 is 2.20 bits per heavy atom. The normalized spacial score (nSPS) is 10.5. The number of carbonyl (C=O) groups excluding carboxylic acids is 1. The fourth-order valence-corrected chi connectivity index (χ4v) is 1.34. The van der Waals surface area contributed by atoms with E-state index in [0.717, 1.165) is 12.0 Å². The maximum atomic E-state index is 11.4. The van der Waals surface area contributed by atoms with E-state index < -0.39 is 0 Å². The molecule has 1 rings (SSSR count). The van der Waals surface area contributed by atoms with Crippen LogP contribution in [0.4, 0.5) is 0 Å². The Kier molecular flexibility index (Phi) is 4.91. The molecule has 0 aliphatic heterocycles. The van der Waals surface area contributed by atoms with Crippen LogP contribution < -0.4 is 0 Å². The average Bonchev–Trinajstić information content (AvgIpc) is 2.29. The molecule has 0 bridgehead atoms. The van der Waals surface area contributed by atoms with Crippen LogP contribution in [-0.2, 0) is 4.74 Å². The van der Waals surface area contributed by atoms with Gasteiger partial charge in [-0.05, 0) is 18.1 Å². The predicted octanol–water partition coefficient (Wildman–Crippen LogP) is 3.12. The summed E-state index contributed by atoms with van der Waals surface area (Å²) in [6, 6.07) is 7.31. The van der Waals surface area contributed by atoms with E-state index in [-0.39, 0.29) is 5.97 Å². The first-order valence-corrected chi connectivity index (χ1v) is 5.23. The molecular weight excluding hydrogens is 212 g/mol. The number of alkyl halides is 1. The molecule has 0 fully saturated rings. The van der Waals surface area contributed by atoms with E-state index in [0.29, 0.717) is 11.4 Å². The van der Waals surface area contributed by atoms with Gasteiger partial charge in [0, 0.05) is 5.88 Å². The van der Waals surface area contributed by atoms with Gasteiger partial charge >= 0.3 is 5.97 Å². The third kappa shape index (κ3) is 3.40. The summed E-state index contributed by atoms with van der Waals surface area (Å²) in [6.07, 6.45) is 4.61. The highest BCUT2D eigenvalue weighted by atomic mass is 35.5. The zero-order chi connectivity index (χ0) is 11.1.